The molecule has 88 valence electrons. The molecule has 0 radical (unpaired) electrons. The Morgan fingerprint density at radius 1 is 1.40 bits per heavy atom. The van der Waals surface area contributed by atoms with Gasteiger partial charge < -0.3 is 5.73 Å². The molecule has 0 aliphatic carbocycles. The molecule has 1 rings (SSSR count). The van der Waals surface area contributed by atoms with Crippen LogP contribution in [0.5, 0.6) is 0 Å². The largest absolute Gasteiger partial charge is 0.323 e. The van der Waals surface area contributed by atoms with E-state index in [4.69, 9.17) is 5.73 Å². The summed E-state index contributed by atoms with van der Waals surface area (Å²) in [6, 6.07) is 2.32. The summed E-state index contributed by atoms with van der Waals surface area (Å²) in [6.07, 6.45) is 4.85. The molecule has 0 saturated carbocycles. The number of unbranched alkanes of at least 4 members (excludes halogenated alkanes) is 2. The van der Waals surface area contributed by atoms with E-state index in [1.807, 2.05) is 0 Å². The van der Waals surface area contributed by atoms with Gasteiger partial charge in [0.25, 0.3) is 0 Å². The van der Waals surface area contributed by atoms with Crippen molar-refractivity contribution >= 4 is 55.6 Å². The van der Waals surface area contributed by atoms with Crippen LogP contribution in [0, 0.1) is 0 Å². The highest BCUT2D eigenvalue weighted by Crippen LogP contribution is 2.35. The van der Waals surface area contributed by atoms with Gasteiger partial charge in [-0.05, 0) is 44.3 Å². The Bertz CT molecular complexity index is 271. The molecule has 0 saturated heterocycles. The lowest BCUT2D eigenvalue weighted by molar-refractivity contribution is 0.587. The minimum absolute atomic E-state index is 0. The van der Waals surface area contributed by atoms with Crippen molar-refractivity contribution < 1.29 is 0 Å². The summed E-state index contributed by atoms with van der Waals surface area (Å²) in [4.78, 5) is 1.26. The standard InChI is InChI=1S/C10H15Br2NS.ClH/c1-2-3-4-5-8(13)9-6-7(11)10(12)14-9;/h6,8H,2-5,13H2,1H3;1H/t8-;/m1./s1. The molecule has 1 atom stereocenters. The van der Waals surface area contributed by atoms with Crippen molar-refractivity contribution in [2.24, 2.45) is 5.73 Å². The number of rotatable bonds is 5. The van der Waals surface area contributed by atoms with Gasteiger partial charge in [-0.2, -0.15) is 0 Å². The van der Waals surface area contributed by atoms with Crippen molar-refractivity contribution in [3.05, 3.63) is 19.2 Å². The molecule has 2 N–H and O–H groups in total. The van der Waals surface area contributed by atoms with E-state index in [2.05, 4.69) is 44.8 Å². The summed E-state index contributed by atoms with van der Waals surface area (Å²) in [5.41, 5.74) is 6.09. The fourth-order valence-electron chi connectivity index (χ4n) is 1.30. The highest BCUT2D eigenvalue weighted by Gasteiger charge is 2.11. The van der Waals surface area contributed by atoms with Crippen molar-refractivity contribution in [3.63, 3.8) is 0 Å². The minimum Gasteiger partial charge on any atom is -0.323 e. The lowest BCUT2D eigenvalue weighted by Gasteiger charge is -2.07. The highest BCUT2D eigenvalue weighted by atomic mass is 79.9. The maximum absolute atomic E-state index is 6.09. The van der Waals surface area contributed by atoms with Gasteiger partial charge in [-0.15, -0.1) is 23.7 Å². The Labute approximate surface area is 118 Å². The summed E-state index contributed by atoms with van der Waals surface area (Å²) in [7, 11) is 0. The molecule has 1 heterocycles. The van der Waals surface area contributed by atoms with E-state index in [1.54, 1.807) is 11.3 Å². The molecule has 1 nitrogen and oxygen atoms in total. The first kappa shape index (κ1) is 15.9. The molecule has 1 aromatic heterocycles. The first-order valence-electron chi connectivity index (χ1n) is 4.85. The normalized spacial score (nSPS) is 12.3. The minimum atomic E-state index is 0. The molecule has 0 bridgehead atoms. The van der Waals surface area contributed by atoms with Crippen molar-refractivity contribution in [2.75, 3.05) is 0 Å². The number of nitrogens with two attached hydrogens (primary N) is 1. The van der Waals surface area contributed by atoms with Crippen LogP contribution in [0.1, 0.15) is 43.5 Å². The second-order valence-corrected chi connectivity index (χ2v) is 6.63. The SMILES string of the molecule is CCCCC[C@@H](N)c1cc(Br)c(Br)s1.Cl. The number of thiophene rings is 1. The van der Waals surface area contributed by atoms with Crippen LogP contribution in [0.15, 0.2) is 14.3 Å². The molecular formula is C10H16Br2ClNS. The zero-order chi connectivity index (χ0) is 10.6. The molecule has 0 aliphatic rings. The monoisotopic (exact) mass is 375 g/mol. The van der Waals surface area contributed by atoms with E-state index < -0.39 is 0 Å². The summed E-state index contributed by atoms with van der Waals surface area (Å²) >= 11 is 8.68. The van der Waals surface area contributed by atoms with Gasteiger partial charge in [0, 0.05) is 15.4 Å². The van der Waals surface area contributed by atoms with E-state index in [0.717, 1.165) is 14.7 Å². The highest BCUT2D eigenvalue weighted by molar-refractivity contribution is 9.13. The van der Waals surface area contributed by atoms with Crippen LogP contribution in [-0.2, 0) is 0 Å². The third-order valence-electron chi connectivity index (χ3n) is 2.15. The third-order valence-corrected chi connectivity index (χ3v) is 5.54. The van der Waals surface area contributed by atoms with Gasteiger partial charge >= 0.3 is 0 Å². The zero-order valence-electron chi connectivity index (χ0n) is 8.63. The lowest BCUT2D eigenvalue weighted by Crippen LogP contribution is -2.07. The molecule has 1 aromatic rings. The summed E-state index contributed by atoms with van der Waals surface area (Å²) < 4.78 is 2.25. The molecule has 5 heteroatoms. The second kappa shape index (κ2) is 8.07. The smallest absolute Gasteiger partial charge is 0.0843 e. The Morgan fingerprint density at radius 2 is 2.07 bits per heavy atom. The van der Waals surface area contributed by atoms with Crippen LogP contribution in [0.25, 0.3) is 0 Å². The van der Waals surface area contributed by atoms with Crippen molar-refractivity contribution in [3.8, 4) is 0 Å². The summed E-state index contributed by atoms with van der Waals surface area (Å²) in [5.74, 6) is 0. The van der Waals surface area contributed by atoms with Gasteiger partial charge in [-0.3, -0.25) is 0 Å². The summed E-state index contributed by atoms with van der Waals surface area (Å²) in [6.45, 7) is 2.21. The third kappa shape index (κ3) is 5.18. The first-order valence-corrected chi connectivity index (χ1v) is 7.25. The number of halogens is 3. The lowest BCUT2D eigenvalue weighted by atomic mass is 10.1. The topological polar surface area (TPSA) is 26.0 Å². The van der Waals surface area contributed by atoms with E-state index in [0.29, 0.717) is 0 Å². The van der Waals surface area contributed by atoms with Crippen LogP contribution < -0.4 is 5.73 Å². The molecular weight excluding hydrogens is 361 g/mol. The quantitative estimate of drug-likeness (QED) is 0.695. The van der Waals surface area contributed by atoms with Crippen LogP contribution in [0.4, 0.5) is 0 Å². The Kier molecular flexibility index (Phi) is 8.56. The van der Waals surface area contributed by atoms with Gasteiger partial charge in [0.2, 0.25) is 0 Å². The van der Waals surface area contributed by atoms with E-state index in [-0.39, 0.29) is 18.4 Å². The molecule has 0 unspecified atom stereocenters. The Morgan fingerprint density at radius 3 is 2.53 bits per heavy atom. The van der Waals surface area contributed by atoms with E-state index in [9.17, 15) is 0 Å². The van der Waals surface area contributed by atoms with Gasteiger partial charge in [-0.1, -0.05) is 26.2 Å². The molecule has 0 spiro atoms. The number of hydrogen-bond donors (Lipinski definition) is 1. The fourth-order valence-corrected chi connectivity index (χ4v) is 3.43. The molecule has 0 fully saturated rings. The van der Waals surface area contributed by atoms with Crippen molar-refractivity contribution in [2.45, 2.75) is 38.6 Å². The van der Waals surface area contributed by atoms with Crippen LogP contribution in [-0.4, -0.2) is 0 Å². The average molecular weight is 378 g/mol. The van der Waals surface area contributed by atoms with Crippen molar-refractivity contribution in [1.29, 1.82) is 0 Å². The summed E-state index contributed by atoms with van der Waals surface area (Å²) in [5, 5.41) is 0. The molecule has 15 heavy (non-hydrogen) atoms. The zero-order valence-corrected chi connectivity index (χ0v) is 13.4. The van der Waals surface area contributed by atoms with E-state index in [1.165, 1.54) is 24.1 Å². The fraction of sp³-hybridized carbons (Fsp3) is 0.600. The molecule has 0 aliphatic heterocycles. The van der Waals surface area contributed by atoms with Gasteiger partial charge in [-0.25, -0.2) is 0 Å². The number of hydrogen-bond acceptors (Lipinski definition) is 2. The van der Waals surface area contributed by atoms with Gasteiger partial charge in [0.1, 0.15) is 0 Å². The van der Waals surface area contributed by atoms with Gasteiger partial charge in [0.05, 0.1) is 3.79 Å². The van der Waals surface area contributed by atoms with Crippen LogP contribution in [0.3, 0.4) is 0 Å². The predicted octanol–water partition coefficient (Wildman–Crippen LogP) is 5.28. The molecule has 0 amide bonds. The van der Waals surface area contributed by atoms with Crippen molar-refractivity contribution in [1.82, 2.24) is 0 Å². The van der Waals surface area contributed by atoms with Gasteiger partial charge in [0.15, 0.2) is 0 Å². The predicted molar refractivity (Wildman–Crippen MR) is 78.0 cm³/mol. The second-order valence-electron chi connectivity index (χ2n) is 3.37. The van der Waals surface area contributed by atoms with E-state index >= 15 is 0 Å². The van der Waals surface area contributed by atoms with Crippen LogP contribution >= 0.6 is 55.6 Å². The van der Waals surface area contributed by atoms with Crippen LogP contribution in [0.2, 0.25) is 0 Å². The Hall–Kier alpha value is 0.910. The Balaban J connectivity index is 0.00000196. The first-order chi connectivity index (χ1) is 6.65. The average Bonchev–Trinajstić information content (AvgIpc) is 2.47. The maximum Gasteiger partial charge on any atom is 0.0843 e. The maximum atomic E-state index is 6.09. The molecule has 0 aromatic carbocycles.